The molecule has 2 rings (SSSR count). The molecular formula is C14H22N2O3S2. The number of hydrogen-bond donors (Lipinski definition) is 2. The summed E-state index contributed by atoms with van der Waals surface area (Å²) in [5.74, 6) is 2.96. The predicted molar refractivity (Wildman–Crippen MR) is 86.4 cm³/mol. The van der Waals surface area contributed by atoms with Gasteiger partial charge >= 0.3 is 0 Å². The topological polar surface area (TPSA) is 67.4 Å². The molecule has 0 aromatic heterocycles. The highest BCUT2D eigenvalue weighted by atomic mass is 32.2. The lowest BCUT2D eigenvalue weighted by molar-refractivity contribution is 0.401. The second-order valence-corrected chi connectivity index (χ2v) is 7.98. The maximum atomic E-state index is 12.4. The van der Waals surface area contributed by atoms with Crippen LogP contribution in [0.1, 0.15) is 12.0 Å². The summed E-state index contributed by atoms with van der Waals surface area (Å²) in [7, 11) is -0.190. The third-order valence-corrected chi connectivity index (χ3v) is 6.18. The highest BCUT2D eigenvalue weighted by molar-refractivity contribution is 7.99. The molecule has 0 bridgehead atoms. The van der Waals surface area contributed by atoms with Gasteiger partial charge in [0, 0.05) is 13.1 Å². The lowest BCUT2D eigenvalue weighted by Gasteiger charge is -2.14. The van der Waals surface area contributed by atoms with Crippen LogP contribution in [0, 0.1) is 5.92 Å². The van der Waals surface area contributed by atoms with Crippen LogP contribution >= 0.6 is 11.8 Å². The molecule has 0 radical (unpaired) electrons. The molecule has 118 valence electrons. The van der Waals surface area contributed by atoms with E-state index in [0.717, 1.165) is 23.5 Å². The summed E-state index contributed by atoms with van der Waals surface area (Å²) in [6.07, 6.45) is 1.07. The van der Waals surface area contributed by atoms with Crippen LogP contribution in [-0.4, -0.2) is 40.6 Å². The minimum Gasteiger partial charge on any atom is -0.495 e. The van der Waals surface area contributed by atoms with Gasteiger partial charge in [-0.2, -0.15) is 11.8 Å². The van der Waals surface area contributed by atoms with Gasteiger partial charge in [0.15, 0.2) is 0 Å². The predicted octanol–water partition coefficient (Wildman–Crippen LogP) is 1.45. The van der Waals surface area contributed by atoms with Gasteiger partial charge in [0.2, 0.25) is 10.0 Å². The van der Waals surface area contributed by atoms with Crippen molar-refractivity contribution in [1.29, 1.82) is 0 Å². The van der Waals surface area contributed by atoms with E-state index in [1.54, 1.807) is 18.2 Å². The number of thioether (sulfide) groups is 1. The smallest absolute Gasteiger partial charge is 0.244 e. The molecule has 1 aromatic carbocycles. The van der Waals surface area contributed by atoms with Gasteiger partial charge in [0.25, 0.3) is 0 Å². The fourth-order valence-corrected chi connectivity index (χ4v) is 4.85. The summed E-state index contributed by atoms with van der Waals surface area (Å²) in [5, 5.41) is 3.03. The molecule has 2 N–H and O–H groups in total. The van der Waals surface area contributed by atoms with E-state index >= 15 is 0 Å². The van der Waals surface area contributed by atoms with Crippen LogP contribution < -0.4 is 14.8 Å². The van der Waals surface area contributed by atoms with Crippen LogP contribution in [0.25, 0.3) is 0 Å². The van der Waals surface area contributed by atoms with Gasteiger partial charge in [0.1, 0.15) is 10.6 Å². The minimum atomic E-state index is -3.53. The maximum Gasteiger partial charge on any atom is 0.244 e. The third kappa shape index (κ3) is 4.35. The molecule has 1 fully saturated rings. The molecule has 0 spiro atoms. The number of benzene rings is 1. The van der Waals surface area contributed by atoms with Crippen molar-refractivity contribution in [2.75, 3.05) is 32.2 Å². The first-order chi connectivity index (χ1) is 10.1. The molecule has 1 aliphatic heterocycles. The van der Waals surface area contributed by atoms with Crippen LogP contribution in [0.4, 0.5) is 0 Å². The highest BCUT2D eigenvalue weighted by Crippen LogP contribution is 2.26. The van der Waals surface area contributed by atoms with E-state index < -0.39 is 10.0 Å². The molecule has 0 amide bonds. The quantitative estimate of drug-likeness (QED) is 0.792. The average molecular weight is 330 g/mol. The summed E-state index contributed by atoms with van der Waals surface area (Å²) in [6.45, 7) is 1.17. The first kappa shape index (κ1) is 16.6. The van der Waals surface area contributed by atoms with E-state index in [1.165, 1.54) is 7.11 Å². The molecule has 7 heteroatoms. The van der Waals surface area contributed by atoms with Gasteiger partial charge in [-0.15, -0.1) is 0 Å². The van der Waals surface area contributed by atoms with Crippen molar-refractivity contribution in [2.24, 2.45) is 5.92 Å². The van der Waals surface area contributed by atoms with Crippen LogP contribution in [-0.2, 0) is 16.6 Å². The van der Waals surface area contributed by atoms with Crippen LogP contribution in [0.5, 0.6) is 5.75 Å². The normalized spacial score (nSPS) is 18.9. The second-order valence-electron chi connectivity index (χ2n) is 5.10. The molecule has 1 heterocycles. The summed E-state index contributed by atoms with van der Waals surface area (Å²) in [5.41, 5.74) is 0.987. The Hall–Kier alpha value is -0.760. The van der Waals surface area contributed by atoms with Crippen molar-refractivity contribution >= 4 is 21.8 Å². The molecule has 21 heavy (non-hydrogen) atoms. The van der Waals surface area contributed by atoms with Gasteiger partial charge in [-0.05, 0) is 48.6 Å². The van der Waals surface area contributed by atoms with Crippen molar-refractivity contribution in [3.05, 3.63) is 23.8 Å². The Morgan fingerprint density at radius 1 is 1.43 bits per heavy atom. The number of methoxy groups -OCH3 is 1. The van der Waals surface area contributed by atoms with E-state index in [-0.39, 0.29) is 4.90 Å². The van der Waals surface area contributed by atoms with Crippen molar-refractivity contribution in [2.45, 2.75) is 17.9 Å². The Labute approximate surface area is 130 Å². The van der Waals surface area contributed by atoms with Gasteiger partial charge in [-0.3, -0.25) is 0 Å². The van der Waals surface area contributed by atoms with E-state index in [4.69, 9.17) is 4.74 Å². The van der Waals surface area contributed by atoms with E-state index in [1.807, 2.05) is 18.8 Å². The zero-order valence-corrected chi connectivity index (χ0v) is 14.0. The fourth-order valence-electron chi connectivity index (χ4n) is 2.30. The lowest BCUT2D eigenvalue weighted by Crippen LogP contribution is -2.29. The number of hydrogen-bond acceptors (Lipinski definition) is 5. The summed E-state index contributed by atoms with van der Waals surface area (Å²) < 4.78 is 32.8. The Kier molecular flexibility index (Phi) is 5.92. The van der Waals surface area contributed by atoms with Crippen molar-refractivity contribution in [1.82, 2.24) is 10.0 Å². The molecular weight excluding hydrogens is 308 g/mol. The first-order valence-corrected chi connectivity index (χ1v) is 9.59. The van der Waals surface area contributed by atoms with Gasteiger partial charge in [-0.1, -0.05) is 6.07 Å². The van der Waals surface area contributed by atoms with E-state index in [0.29, 0.717) is 24.8 Å². The largest absolute Gasteiger partial charge is 0.495 e. The van der Waals surface area contributed by atoms with Gasteiger partial charge < -0.3 is 10.1 Å². The minimum absolute atomic E-state index is 0.204. The fraction of sp³-hybridized carbons (Fsp3) is 0.571. The van der Waals surface area contributed by atoms with Crippen molar-refractivity contribution in [3.63, 3.8) is 0 Å². The van der Waals surface area contributed by atoms with Gasteiger partial charge in [-0.25, -0.2) is 13.1 Å². The SMILES string of the molecule is CNCc1ccc(S(=O)(=O)NCC2CCSC2)c(OC)c1. The highest BCUT2D eigenvalue weighted by Gasteiger charge is 2.23. The first-order valence-electron chi connectivity index (χ1n) is 6.95. The molecule has 0 aliphatic carbocycles. The Morgan fingerprint density at radius 3 is 2.86 bits per heavy atom. The van der Waals surface area contributed by atoms with Crippen molar-refractivity contribution in [3.8, 4) is 5.75 Å². The molecule has 1 saturated heterocycles. The van der Waals surface area contributed by atoms with Gasteiger partial charge in [0.05, 0.1) is 7.11 Å². The Balaban J connectivity index is 2.14. The average Bonchev–Trinajstić information content (AvgIpc) is 2.98. The molecule has 1 unspecified atom stereocenters. The standard InChI is InChI=1S/C14H22N2O3S2/c1-15-8-11-3-4-14(13(7-11)19-2)21(17,18)16-9-12-5-6-20-10-12/h3-4,7,12,15-16H,5-6,8-10H2,1-2H3. The molecule has 5 nitrogen and oxygen atoms in total. The molecule has 1 atom stereocenters. The Bertz CT molecular complexity index is 570. The van der Waals surface area contributed by atoms with E-state index in [2.05, 4.69) is 10.0 Å². The number of nitrogens with one attached hydrogen (secondary N) is 2. The lowest BCUT2D eigenvalue weighted by atomic mass is 10.1. The monoisotopic (exact) mass is 330 g/mol. The molecule has 1 aromatic rings. The molecule has 1 aliphatic rings. The number of ether oxygens (including phenoxy) is 1. The second kappa shape index (κ2) is 7.49. The third-order valence-electron chi connectivity index (χ3n) is 3.48. The number of sulfonamides is 1. The van der Waals surface area contributed by atoms with Crippen LogP contribution in [0.15, 0.2) is 23.1 Å². The summed E-state index contributed by atoms with van der Waals surface area (Å²) in [4.78, 5) is 0.204. The molecule has 0 saturated carbocycles. The van der Waals surface area contributed by atoms with Crippen LogP contribution in [0.3, 0.4) is 0 Å². The Morgan fingerprint density at radius 2 is 2.24 bits per heavy atom. The van der Waals surface area contributed by atoms with Crippen LogP contribution in [0.2, 0.25) is 0 Å². The summed E-state index contributed by atoms with van der Waals surface area (Å²) in [6, 6.07) is 5.17. The zero-order valence-electron chi connectivity index (χ0n) is 12.4. The zero-order chi connectivity index (χ0) is 15.3. The number of rotatable bonds is 7. The summed E-state index contributed by atoms with van der Waals surface area (Å²) >= 11 is 1.88. The van der Waals surface area contributed by atoms with E-state index in [9.17, 15) is 8.42 Å². The van der Waals surface area contributed by atoms with Crippen molar-refractivity contribution < 1.29 is 13.2 Å². The maximum absolute atomic E-state index is 12.4.